The van der Waals surface area contributed by atoms with E-state index in [9.17, 15) is 0 Å². The van der Waals surface area contributed by atoms with Crippen molar-refractivity contribution in [3.63, 3.8) is 0 Å². The van der Waals surface area contributed by atoms with Gasteiger partial charge >= 0.3 is 0 Å². The van der Waals surface area contributed by atoms with Gasteiger partial charge in [0.1, 0.15) is 24.0 Å². The summed E-state index contributed by atoms with van der Waals surface area (Å²) in [5, 5.41) is 2.36. The fourth-order valence-electron chi connectivity index (χ4n) is 6.92. The molecule has 1 aliphatic heterocycles. The van der Waals surface area contributed by atoms with Gasteiger partial charge in [0.05, 0.1) is 22.4 Å². The molecule has 2 aromatic heterocycles. The van der Waals surface area contributed by atoms with Gasteiger partial charge in [-0.2, -0.15) is 0 Å². The van der Waals surface area contributed by atoms with Crippen molar-refractivity contribution in [2.75, 3.05) is 16.5 Å². The van der Waals surface area contributed by atoms with Gasteiger partial charge in [-0.05, 0) is 88.7 Å². The molecule has 0 unspecified atom stereocenters. The second-order valence-electron chi connectivity index (χ2n) is 15.1. The Labute approximate surface area is 289 Å². The Hall–Kier alpha value is -5.55. The topological polar surface area (TPSA) is 33.5 Å². The average molecular weight is 643 g/mol. The van der Waals surface area contributed by atoms with Gasteiger partial charge < -0.3 is 14.5 Å². The van der Waals surface area contributed by atoms with Crippen LogP contribution in [0, 0.1) is 0 Å². The second-order valence-corrected chi connectivity index (χ2v) is 15.1. The van der Waals surface area contributed by atoms with Crippen molar-refractivity contribution in [1.29, 1.82) is 0 Å². The Bertz CT molecular complexity index is 2320. The van der Waals surface area contributed by atoms with Gasteiger partial charge in [0.25, 0.3) is 0 Å². The van der Waals surface area contributed by atoms with E-state index >= 15 is 0 Å². The van der Waals surface area contributed by atoms with Crippen LogP contribution in [0.2, 0.25) is 0 Å². The van der Waals surface area contributed by atoms with Crippen LogP contribution in [0.5, 0.6) is 11.5 Å². The van der Waals surface area contributed by atoms with Crippen molar-refractivity contribution >= 4 is 44.6 Å². The Morgan fingerprint density at radius 3 is 1.92 bits per heavy atom. The number of nitrogens with zero attached hydrogens (tertiary/aromatic N) is 4. The highest BCUT2D eigenvalue weighted by molar-refractivity contribution is 6.09. The molecule has 49 heavy (non-hydrogen) atoms. The summed E-state index contributed by atoms with van der Waals surface area (Å²) in [6, 6.07) is 45.2. The molecule has 5 nitrogen and oxygen atoms in total. The SMILES string of the molecule is CC(C)(C)c1ccc(N2CN(c3cccc(Oc4ccc5c6ccccc6n(-c6cc(C(C)(C)C)ccn6)c5c4)c3)c3ccccc32)cc1. The van der Waals surface area contributed by atoms with Crippen LogP contribution in [-0.4, -0.2) is 16.2 Å². The molecule has 0 N–H and O–H groups in total. The fraction of sp³-hybridized carbons (Fsp3) is 0.205. The number of benzene rings is 5. The van der Waals surface area contributed by atoms with Crippen molar-refractivity contribution in [2.24, 2.45) is 0 Å². The lowest BCUT2D eigenvalue weighted by molar-refractivity contribution is 0.483. The molecule has 0 radical (unpaired) electrons. The molecule has 5 heteroatoms. The molecule has 0 atom stereocenters. The maximum atomic E-state index is 6.62. The number of aromatic nitrogens is 2. The first-order chi connectivity index (χ1) is 23.5. The molecule has 0 saturated heterocycles. The largest absolute Gasteiger partial charge is 0.457 e. The van der Waals surface area contributed by atoms with E-state index in [4.69, 9.17) is 9.72 Å². The van der Waals surface area contributed by atoms with E-state index in [-0.39, 0.29) is 10.8 Å². The molecule has 3 heterocycles. The predicted molar refractivity (Wildman–Crippen MR) is 205 cm³/mol. The van der Waals surface area contributed by atoms with E-state index < -0.39 is 0 Å². The average Bonchev–Trinajstić information content (AvgIpc) is 3.64. The monoisotopic (exact) mass is 642 g/mol. The fourth-order valence-corrected chi connectivity index (χ4v) is 6.92. The quantitative estimate of drug-likeness (QED) is 0.187. The lowest BCUT2D eigenvalue weighted by Gasteiger charge is -2.24. The maximum absolute atomic E-state index is 6.62. The minimum atomic E-state index is 0.0134. The van der Waals surface area contributed by atoms with Gasteiger partial charge in [0, 0.05) is 40.5 Å². The zero-order valence-corrected chi connectivity index (χ0v) is 29.1. The first kappa shape index (κ1) is 30.8. The van der Waals surface area contributed by atoms with Crippen molar-refractivity contribution in [2.45, 2.75) is 52.4 Å². The predicted octanol–water partition coefficient (Wildman–Crippen LogP) is 11.8. The number of anilines is 4. The summed E-state index contributed by atoms with van der Waals surface area (Å²) < 4.78 is 8.88. The van der Waals surface area contributed by atoms with E-state index in [0.717, 1.165) is 34.0 Å². The van der Waals surface area contributed by atoms with Crippen molar-refractivity contribution in [3.05, 3.63) is 145 Å². The molecular formula is C44H42N4O. The van der Waals surface area contributed by atoms with Gasteiger partial charge in [-0.25, -0.2) is 4.98 Å². The molecule has 0 amide bonds. The van der Waals surface area contributed by atoms with Gasteiger partial charge in [0.15, 0.2) is 0 Å². The summed E-state index contributed by atoms with van der Waals surface area (Å²) in [4.78, 5) is 9.57. The third-order valence-electron chi connectivity index (χ3n) is 9.64. The highest BCUT2D eigenvalue weighted by Crippen LogP contribution is 2.45. The number of hydrogen-bond donors (Lipinski definition) is 0. The van der Waals surface area contributed by atoms with Crippen molar-refractivity contribution in [3.8, 4) is 17.3 Å². The van der Waals surface area contributed by atoms with Crippen LogP contribution in [0.25, 0.3) is 27.6 Å². The van der Waals surface area contributed by atoms with E-state index in [0.29, 0.717) is 6.67 Å². The molecule has 1 aliphatic rings. The molecule has 0 spiro atoms. The smallest absolute Gasteiger partial charge is 0.137 e. The number of hydrogen-bond acceptors (Lipinski definition) is 4. The van der Waals surface area contributed by atoms with Crippen LogP contribution in [0.4, 0.5) is 22.7 Å². The third kappa shape index (κ3) is 5.59. The number of pyridine rings is 1. The van der Waals surface area contributed by atoms with Crippen molar-refractivity contribution in [1.82, 2.24) is 9.55 Å². The van der Waals surface area contributed by atoms with Crippen LogP contribution >= 0.6 is 0 Å². The first-order valence-corrected chi connectivity index (χ1v) is 17.1. The molecule has 8 rings (SSSR count). The normalized spacial score (nSPS) is 13.3. The van der Waals surface area contributed by atoms with Crippen LogP contribution in [0.3, 0.4) is 0 Å². The highest BCUT2D eigenvalue weighted by Gasteiger charge is 2.28. The molecule has 0 aliphatic carbocycles. The summed E-state index contributed by atoms with van der Waals surface area (Å²) in [6.07, 6.45) is 1.92. The zero-order valence-electron chi connectivity index (χ0n) is 29.1. The van der Waals surface area contributed by atoms with E-state index in [1.54, 1.807) is 0 Å². The van der Waals surface area contributed by atoms with Crippen molar-refractivity contribution < 1.29 is 4.74 Å². The second kappa shape index (κ2) is 11.6. The van der Waals surface area contributed by atoms with Gasteiger partial charge in [-0.1, -0.05) is 90.1 Å². The van der Waals surface area contributed by atoms with E-state index in [1.807, 2.05) is 12.3 Å². The lowest BCUT2D eigenvalue weighted by atomic mass is 9.87. The molecule has 244 valence electrons. The van der Waals surface area contributed by atoms with Gasteiger partial charge in [-0.3, -0.25) is 4.57 Å². The minimum absolute atomic E-state index is 0.0134. The van der Waals surface area contributed by atoms with Crippen LogP contribution in [0.15, 0.2) is 134 Å². The molecule has 5 aromatic carbocycles. The zero-order chi connectivity index (χ0) is 33.9. The standard InChI is InChI=1S/C44H42N4O/c1-43(2,3)30-18-20-32(21-19-30)46-29-47(40-17-10-9-16-39(40)46)33-12-11-13-34(27-33)49-35-22-23-37-36-14-7-8-15-38(36)48(41(37)28-35)42-26-31(24-25-45-42)44(4,5)6/h7-28H,29H2,1-6H3. The first-order valence-electron chi connectivity index (χ1n) is 17.1. The molecule has 0 bridgehead atoms. The number of fused-ring (bicyclic) bond motifs is 4. The highest BCUT2D eigenvalue weighted by atomic mass is 16.5. The summed E-state index contributed by atoms with van der Waals surface area (Å²) >= 11 is 0. The van der Waals surface area contributed by atoms with Crippen LogP contribution in [-0.2, 0) is 10.8 Å². The van der Waals surface area contributed by atoms with Crippen LogP contribution in [0.1, 0.15) is 52.7 Å². The maximum Gasteiger partial charge on any atom is 0.137 e. The lowest BCUT2D eigenvalue weighted by Crippen LogP contribution is -2.24. The van der Waals surface area contributed by atoms with Gasteiger partial charge in [0.2, 0.25) is 0 Å². The number of ether oxygens (including phenoxy) is 1. The van der Waals surface area contributed by atoms with Crippen LogP contribution < -0.4 is 14.5 Å². The Kier molecular flexibility index (Phi) is 7.25. The van der Waals surface area contributed by atoms with E-state index in [2.05, 4.69) is 177 Å². The van der Waals surface area contributed by atoms with E-state index in [1.165, 1.54) is 39.0 Å². The van der Waals surface area contributed by atoms with Gasteiger partial charge in [-0.15, -0.1) is 0 Å². The Balaban J connectivity index is 1.13. The summed E-state index contributed by atoms with van der Waals surface area (Å²) in [5.74, 6) is 2.48. The molecule has 7 aromatic rings. The third-order valence-corrected chi connectivity index (χ3v) is 9.64. The Morgan fingerprint density at radius 1 is 0.531 bits per heavy atom. The molecular weight excluding hydrogens is 601 g/mol. The summed E-state index contributed by atoms with van der Waals surface area (Å²) in [6.45, 7) is 14.2. The number of rotatable bonds is 5. The summed E-state index contributed by atoms with van der Waals surface area (Å²) in [7, 11) is 0. The minimum Gasteiger partial charge on any atom is -0.457 e. The molecule has 0 fully saturated rings. The summed E-state index contributed by atoms with van der Waals surface area (Å²) in [5.41, 5.74) is 9.53. The number of para-hydroxylation sites is 3. The molecule has 0 saturated carbocycles. The Morgan fingerprint density at radius 2 is 1.18 bits per heavy atom.